The number of amides is 1. The van der Waals surface area contributed by atoms with E-state index in [0.717, 1.165) is 17.2 Å². The van der Waals surface area contributed by atoms with Crippen LogP contribution in [-0.2, 0) is 11.3 Å². The fourth-order valence-electron chi connectivity index (χ4n) is 2.42. The lowest BCUT2D eigenvalue weighted by molar-refractivity contribution is -0.111. The minimum Gasteiger partial charge on any atom is -0.397 e. The third-order valence-electron chi connectivity index (χ3n) is 3.75. The minimum absolute atomic E-state index is 0.176. The summed E-state index contributed by atoms with van der Waals surface area (Å²) >= 11 is 0. The van der Waals surface area contributed by atoms with Crippen LogP contribution in [0.2, 0.25) is 0 Å². The van der Waals surface area contributed by atoms with Gasteiger partial charge >= 0.3 is 0 Å². The summed E-state index contributed by atoms with van der Waals surface area (Å²) in [6, 6.07) is 13.8. The van der Waals surface area contributed by atoms with Gasteiger partial charge in [-0.2, -0.15) is 5.10 Å². The van der Waals surface area contributed by atoms with E-state index in [-0.39, 0.29) is 11.6 Å². The summed E-state index contributed by atoms with van der Waals surface area (Å²) in [4.78, 5) is 12.0. The van der Waals surface area contributed by atoms with Crippen LogP contribution in [0.15, 0.2) is 73.1 Å². The van der Waals surface area contributed by atoms with E-state index in [0.29, 0.717) is 12.2 Å². The highest BCUT2D eigenvalue weighted by atomic mass is 19.1. The number of aromatic nitrogens is 2. The molecule has 3 aromatic rings. The number of nitrogens with two attached hydrogens (primary N) is 1. The molecule has 3 rings (SSSR count). The largest absolute Gasteiger partial charge is 0.397 e. The van der Waals surface area contributed by atoms with Crippen molar-refractivity contribution in [3.05, 3.63) is 90.0 Å². The summed E-state index contributed by atoms with van der Waals surface area (Å²) in [6.07, 6.45) is 10.6. The summed E-state index contributed by atoms with van der Waals surface area (Å²) in [7, 11) is 0. The number of carbonyl (C=O) groups excluding carboxylic acids is 1. The summed E-state index contributed by atoms with van der Waals surface area (Å²) in [5.74, 6) is -0.806. The van der Waals surface area contributed by atoms with Crippen LogP contribution in [0.1, 0.15) is 11.1 Å². The Labute approximate surface area is 156 Å². The lowest BCUT2D eigenvalue weighted by Gasteiger charge is -2.05. The van der Waals surface area contributed by atoms with Gasteiger partial charge in [0.1, 0.15) is 5.82 Å². The van der Waals surface area contributed by atoms with E-state index in [1.165, 1.54) is 18.2 Å². The van der Waals surface area contributed by atoms with E-state index in [1.54, 1.807) is 17.0 Å². The fraction of sp³-hybridized carbons (Fsp3) is 0.0476. The van der Waals surface area contributed by atoms with Crippen LogP contribution in [0.3, 0.4) is 0 Å². The average molecular weight is 362 g/mol. The van der Waals surface area contributed by atoms with E-state index in [1.807, 2.05) is 48.7 Å². The smallest absolute Gasteiger partial charge is 0.248 e. The van der Waals surface area contributed by atoms with E-state index in [2.05, 4.69) is 10.4 Å². The Hall–Kier alpha value is -3.67. The van der Waals surface area contributed by atoms with Crippen molar-refractivity contribution in [1.82, 2.24) is 9.78 Å². The molecule has 0 unspecified atom stereocenters. The van der Waals surface area contributed by atoms with Gasteiger partial charge in [0.25, 0.3) is 0 Å². The van der Waals surface area contributed by atoms with Crippen molar-refractivity contribution >= 4 is 29.4 Å². The molecule has 0 atom stereocenters. The third-order valence-corrected chi connectivity index (χ3v) is 3.75. The van der Waals surface area contributed by atoms with Gasteiger partial charge in [0.05, 0.1) is 24.1 Å². The van der Waals surface area contributed by atoms with Crippen LogP contribution in [0.4, 0.5) is 15.8 Å². The number of carbonyl (C=O) groups is 1. The number of anilines is 2. The minimum atomic E-state index is -0.449. The maximum Gasteiger partial charge on any atom is 0.248 e. The fourth-order valence-corrected chi connectivity index (χ4v) is 2.42. The quantitative estimate of drug-likeness (QED) is 0.515. The maximum absolute atomic E-state index is 13.0. The molecular formula is C21H19FN4O. The molecule has 2 aromatic carbocycles. The van der Waals surface area contributed by atoms with Crippen LogP contribution in [0, 0.1) is 5.82 Å². The van der Waals surface area contributed by atoms with Gasteiger partial charge in [0.2, 0.25) is 5.91 Å². The Morgan fingerprint density at radius 2 is 1.96 bits per heavy atom. The molecule has 5 nitrogen and oxygen atoms in total. The molecule has 1 heterocycles. The van der Waals surface area contributed by atoms with Gasteiger partial charge in [0.15, 0.2) is 0 Å². The first kappa shape index (κ1) is 18.1. The number of nitrogen functional groups attached to an aromatic ring is 1. The summed E-state index contributed by atoms with van der Waals surface area (Å²) < 4.78 is 14.8. The first-order valence-electron chi connectivity index (χ1n) is 8.38. The standard InChI is InChI=1S/C21H19FN4O/c22-18-9-10-20(19(23)13-18)25-21(27)11-8-17-14-24-26(15-17)12-4-7-16-5-2-1-3-6-16/h1-11,13-15H,12,23H2,(H,25,27)/b7-4+,11-8?. The number of hydrogen-bond acceptors (Lipinski definition) is 3. The highest BCUT2D eigenvalue weighted by molar-refractivity contribution is 6.03. The van der Waals surface area contributed by atoms with Crippen molar-refractivity contribution in [3.8, 4) is 0 Å². The number of hydrogen-bond donors (Lipinski definition) is 2. The lowest BCUT2D eigenvalue weighted by Crippen LogP contribution is -2.09. The van der Waals surface area contributed by atoms with Crippen LogP contribution >= 0.6 is 0 Å². The van der Waals surface area contributed by atoms with E-state index < -0.39 is 5.82 Å². The molecule has 0 radical (unpaired) electrons. The molecule has 3 N–H and O–H groups in total. The normalized spacial score (nSPS) is 11.3. The summed E-state index contributed by atoms with van der Waals surface area (Å²) in [5.41, 5.74) is 8.14. The second-order valence-corrected chi connectivity index (χ2v) is 5.86. The highest BCUT2D eigenvalue weighted by Crippen LogP contribution is 2.19. The second kappa shape index (κ2) is 8.62. The Kier molecular flexibility index (Phi) is 5.79. The molecule has 0 fully saturated rings. The van der Waals surface area contributed by atoms with Crippen molar-refractivity contribution in [2.75, 3.05) is 11.1 Å². The van der Waals surface area contributed by atoms with Gasteiger partial charge in [-0.25, -0.2) is 4.39 Å². The number of rotatable bonds is 6. The van der Waals surface area contributed by atoms with Crippen molar-refractivity contribution in [3.63, 3.8) is 0 Å². The van der Waals surface area contributed by atoms with Crippen LogP contribution in [0.5, 0.6) is 0 Å². The molecule has 0 bridgehead atoms. The molecule has 0 aliphatic rings. The van der Waals surface area contributed by atoms with E-state index in [9.17, 15) is 9.18 Å². The zero-order valence-corrected chi connectivity index (χ0v) is 14.5. The molecule has 1 amide bonds. The molecule has 27 heavy (non-hydrogen) atoms. The van der Waals surface area contributed by atoms with Crippen LogP contribution < -0.4 is 11.1 Å². The highest BCUT2D eigenvalue weighted by Gasteiger charge is 2.03. The molecule has 0 saturated carbocycles. The van der Waals surface area contributed by atoms with Gasteiger partial charge in [-0.3, -0.25) is 9.48 Å². The van der Waals surface area contributed by atoms with Crippen molar-refractivity contribution in [2.45, 2.75) is 6.54 Å². The first-order chi connectivity index (χ1) is 13.1. The predicted molar refractivity (Wildman–Crippen MR) is 106 cm³/mol. The zero-order valence-electron chi connectivity index (χ0n) is 14.5. The van der Waals surface area contributed by atoms with Crippen LogP contribution in [0.25, 0.3) is 12.2 Å². The SMILES string of the molecule is Nc1cc(F)ccc1NC(=O)C=Cc1cnn(C/C=C/c2ccccc2)c1. The van der Waals surface area contributed by atoms with Crippen molar-refractivity contribution in [1.29, 1.82) is 0 Å². The Morgan fingerprint density at radius 3 is 2.74 bits per heavy atom. The monoisotopic (exact) mass is 362 g/mol. The van der Waals surface area contributed by atoms with Crippen molar-refractivity contribution < 1.29 is 9.18 Å². The second-order valence-electron chi connectivity index (χ2n) is 5.86. The van der Waals surface area contributed by atoms with Gasteiger partial charge < -0.3 is 11.1 Å². The van der Waals surface area contributed by atoms with Gasteiger partial charge in [-0.15, -0.1) is 0 Å². The topological polar surface area (TPSA) is 72.9 Å². The number of nitrogens with one attached hydrogen (secondary N) is 1. The molecular weight excluding hydrogens is 343 g/mol. The first-order valence-corrected chi connectivity index (χ1v) is 8.38. The molecule has 0 aliphatic carbocycles. The van der Waals surface area contributed by atoms with Gasteiger partial charge in [0, 0.05) is 17.8 Å². The lowest BCUT2D eigenvalue weighted by atomic mass is 10.2. The number of benzene rings is 2. The molecule has 136 valence electrons. The Bertz CT molecular complexity index is 977. The maximum atomic E-state index is 13.0. The summed E-state index contributed by atoms with van der Waals surface area (Å²) in [5, 5.41) is 6.87. The molecule has 0 aliphatic heterocycles. The Morgan fingerprint density at radius 1 is 1.15 bits per heavy atom. The van der Waals surface area contributed by atoms with E-state index >= 15 is 0 Å². The van der Waals surface area contributed by atoms with Crippen molar-refractivity contribution in [2.24, 2.45) is 0 Å². The van der Waals surface area contributed by atoms with E-state index in [4.69, 9.17) is 5.73 Å². The average Bonchev–Trinajstić information content (AvgIpc) is 3.11. The molecule has 1 aromatic heterocycles. The number of allylic oxidation sites excluding steroid dienone is 1. The van der Waals surface area contributed by atoms with Gasteiger partial charge in [-0.1, -0.05) is 42.5 Å². The van der Waals surface area contributed by atoms with Crippen LogP contribution in [-0.4, -0.2) is 15.7 Å². The number of halogens is 1. The molecule has 6 heteroatoms. The zero-order chi connectivity index (χ0) is 19.1. The third kappa shape index (κ3) is 5.40. The Balaban J connectivity index is 1.55. The molecule has 0 saturated heterocycles. The van der Waals surface area contributed by atoms with Gasteiger partial charge in [-0.05, 0) is 29.8 Å². The predicted octanol–water partition coefficient (Wildman–Crippen LogP) is 3.97. The molecule has 0 spiro atoms. The number of nitrogens with zero attached hydrogens (tertiary/aromatic N) is 2. The summed E-state index contributed by atoms with van der Waals surface area (Å²) in [6.45, 7) is 0.626.